The van der Waals surface area contributed by atoms with Gasteiger partial charge < -0.3 is 5.11 Å². The molecule has 2 aliphatic rings. The maximum atomic E-state index is 11.0. The Kier molecular flexibility index (Phi) is 3.24. The Hall–Kier alpha value is -0.570. The molecule has 3 heteroatoms. The van der Waals surface area contributed by atoms with E-state index >= 15 is 0 Å². The molecule has 0 aromatic carbocycles. The van der Waals surface area contributed by atoms with Crippen molar-refractivity contribution >= 4 is 5.97 Å². The van der Waals surface area contributed by atoms with Gasteiger partial charge in [-0.3, -0.25) is 9.69 Å². The molecule has 1 aliphatic carbocycles. The lowest BCUT2D eigenvalue weighted by molar-refractivity contribution is -0.144. The van der Waals surface area contributed by atoms with Crippen molar-refractivity contribution in [3.63, 3.8) is 0 Å². The summed E-state index contributed by atoms with van der Waals surface area (Å²) in [7, 11) is 0. The Morgan fingerprint density at radius 2 is 1.94 bits per heavy atom. The third-order valence-corrected chi connectivity index (χ3v) is 4.48. The van der Waals surface area contributed by atoms with Gasteiger partial charge in [-0.25, -0.2) is 0 Å². The smallest absolute Gasteiger partial charge is 0.305 e. The number of carboxylic acid groups (broad SMARTS) is 1. The number of nitrogens with zero attached hydrogens (tertiary/aromatic N) is 1. The second-order valence-corrected chi connectivity index (χ2v) is 5.90. The van der Waals surface area contributed by atoms with Crippen molar-refractivity contribution < 1.29 is 9.90 Å². The third kappa shape index (κ3) is 2.10. The molecule has 1 heterocycles. The van der Waals surface area contributed by atoms with E-state index in [0.29, 0.717) is 12.3 Å². The highest BCUT2D eigenvalue weighted by molar-refractivity contribution is 5.68. The van der Waals surface area contributed by atoms with Crippen molar-refractivity contribution in [2.75, 3.05) is 13.1 Å². The SMILES string of the molecule is CC(C)C1CC(CC(=O)O)(N2CCCC2)C1. The summed E-state index contributed by atoms with van der Waals surface area (Å²) < 4.78 is 0. The quantitative estimate of drug-likeness (QED) is 0.798. The summed E-state index contributed by atoms with van der Waals surface area (Å²) in [6.07, 6.45) is 5.02. The highest BCUT2D eigenvalue weighted by atomic mass is 16.4. The fraction of sp³-hybridized carbons (Fsp3) is 0.923. The predicted molar refractivity (Wildman–Crippen MR) is 63.4 cm³/mol. The van der Waals surface area contributed by atoms with E-state index in [2.05, 4.69) is 18.7 Å². The van der Waals surface area contributed by atoms with Gasteiger partial charge in [0, 0.05) is 5.54 Å². The molecule has 1 aliphatic heterocycles. The highest BCUT2D eigenvalue weighted by Crippen LogP contribution is 2.49. The minimum absolute atomic E-state index is 0.0112. The van der Waals surface area contributed by atoms with E-state index in [1.165, 1.54) is 12.8 Å². The summed E-state index contributed by atoms with van der Waals surface area (Å²) in [5.41, 5.74) is 0.0112. The van der Waals surface area contributed by atoms with Gasteiger partial charge in [-0.1, -0.05) is 13.8 Å². The first kappa shape index (κ1) is 11.9. The zero-order chi connectivity index (χ0) is 11.8. The number of hydrogen-bond donors (Lipinski definition) is 1. The van der Waals surface area contributed by atoms with Gasteiger partial charge in [-0.2, -0.15) is 0 Å². The summed E-state index contributed by atoms with van der Waals surface area (Å²) in [6, 6.07) is 0. The summed E-state index contributed by atoms with van der Waals surface area (Å²) >= 11 is 0. The second-order valence-electron chi connectivity index (χ2n) is 5.90. The van der Waals surface area contributed by atoms with Crippen molar-refractivity contribution in [2.24, 2.45) is 11.8 Å². The molecule has 0 bridgehead atoms. The normalized spacial score (nSPS) is 35.3. The minimum atomic E-state index is -0.630. The van der Waals surface area contributed by atoms with Crippen LogP contribution < -0.4 is 0 Å². The Morgan fingerprint density at radius 3 is 2.38 bits per heavy atom. The number of carboxylic acids is 1. The molecule has 0 atom stereocenters. The molecule has 0 spiro atoms. The monoisotopic (exact) mass is 225 g/mol. The van der Waals surface area contributed by atoms with Crippen LogP contribution >= 0.6 is 0 Å². The molecule has 16 heavy (non-hydrogen) atoms. The van der Waals surface area contributed by atoms with Gasteiger partial charge in [0.25, 0.3) is 0 Å². The van der Waals surface area contributed by atoms with E-state index in [1.807, 2.05) is 0 Å². The molecule has 0 radical (unpaired) electrons. The van der Waals surface area contributed by atoms with Gasteiger partial charge in [0.15, 0.2) is 0 Å². The van der Waals surface area contributed by atoms with Crippen LogP contribution in [0.2, 0.25) is 0 Å². The number of carbonyl (C=O) groups is 1. The summed E-state index contributed by atoms with van der Waals surface area (Å²) in [4.78, 5) is 13.5. The highest BCUT2D eigenvalue weighted by Gasteiger charge is 2.50. The molecule has 0 aromatic heterocycles. The summed E-state index contributed by atoms with van der Waals surface area (Å²) in [6.45, 7) is 6.72. The van der Waals surface area contributed by atoms with Gasteiger partial charge in [-0.15, -0.1) is 0 Å². The second kappa shape index (κ2) is 4.36. The van der Waals surface area contributed by atoms with Crippen LogP contribution in [0.3, 0.4) is 0 Å². The molecule has 0 amide bonds. The van der Waals surface area contributed by atoms with Gasteiger partial charge in [0.1, 0.15) is 0 Å². The van der Waals surface area contributed by atoms with E-state index in [1.54, 1.807) is 0 Å². The molecule has 1 saturated carbocycles. The molecule has 0 unspecified atom stereocenters. The van der Waals surface area contributed by atoms with E-state index in [9.17, 15) is 4.79 Å². The number of aliphatic carboxylic acids is 1. The van der Waals surface area contributed by atoms with Crippen molar-refractivity contribution in [3.05, 3.63) is 0 Å². The standard InChI is InChI=1S/C13H23NO2/c1-10(2)11-7-13(8-11,9-12(15)16)14-5-3-4-6-14/h10-11H,3-9H2,1-2H3,(H,15,16). The lowest BCUT2D eigenvalue weighted by atomic mass is 9.62. The molecule has 1 saturated heterocycles. The maximum Gasteiger partial charge on any atom is 0.305 e. The molecule has 1 N–H and O–H groups in total. The summed E-state index contributed by atoms with van der Waals surface area (Å²) in [5, 5.41) is 9.07. The molecular formula is C13H23NO2. The first-order valence-electron chi connectivity index (χ1n) is 6.50. The van der Waals surface area contributed by atoms with Crippen molar-refractivity contribution in [3.8, 4) is 0 Å². The predicted octanol–water partition coefficient (Wildman–Crippen LogP) is 2.36. The van der Waals surface area contributed by atoms with Gasteiger partial charge in [0.2, 0.25) is 0 Å². The molecule has 3 nitrogen and oxygen atoms in total. The maximum absolute atomic E-state index is 11.0. The minimum Gasteiger partial charge on any atom is -0.481 e. The van der Waals surface area contributed by atoms with Crippen LogP contribution in [-0.2, 0) is 4.79 Å². The molecular weight excluding hydrogens is 202 g/mol. The average Bonchev–Trinajstić information content (AvgIpc) is 2.62. The Balaban J connectivity index is 2.01. The van der Waals surface area contributed by atoms with Gasteiger partial charge >= 0.3 is 5.97 Å². The zero-order valence-corrected chi connectivity index (χ0v) is 10.4. The van der Waals surface area contributed by atoms with Crippen LogP contribution in [0.4, 0.5) is 0 Å². The number of likely N-dealkylation sites (tertiary alicyclic amines) is 1. The number of hydrogen-bond acceptors (Lipinski definition) is 2. The van der Waals surface area contributed by atoms with Crippen LogP contribution in [0.25, 0.3) is 0 Å². The Morgan fingerprint density at radius 1 is 1.38 bits per heavy atom. The molecule has 2 fully saturated rings. The largest absolute Gasteiger partial charge is 0.481 e. The first-order chi connectivity index (χ1) is 7.53. The molecule has 2 rings (SSSR count). The Labute approximate surface area is 97.8 Å². The van der Waals surface area contributed by atoms with Crippen LogP contribution in [0.15, 0.2) is 0 Å². The summed E-state index contributed by atoms with van der Waals surface area (Å²) in [5.74, 6) is 0.804. The van der Waals surface area contributed by atoms with E-state index in [4.69, 9.17) is 5.11 Å². The first-order valence-corrected chi connectivity index (χ1v) is 6.50. The lowest BCUT2D eigenvalue weighted by Crippen LogP contribution is -2.58. The van der Waals surface area contributed by atoms with Crippen LogP contribution in [0, 0.1) is 11.8 Å². The lowest BCUT2D eigenvalue weighted by Gasteiger charge is -2.54. The van der Waals surface area contributed by atoms with Crippen molar-refractivity contribution in [1.29, 1.82) is 0 Å². The van der Waals surface area contributed by atoms with E-state index in [-0.39, 0.29) is 5.54 Å². The Bertz CT molecular complexity index is 263. The topological polar surface area (TPSA) is 40.5 Å². The van der Waals surface area contributed by atoms with Crippen molar-refractivity contribution in [2.45, 2.75) is 51.5 Å². The third-order valence-electron chi connectivity index (χ3n) is 4.48. The van der Waals surface area contributed by atoms with E-state index < -0.39 is 5.97 Å². The zero-order valence-electron chi connectivity index (χ0n) is 10.4. The van der Waals surface area contributed by atoms with Crippen LogP contribution in [0.5, 0.6) is 0 Å². The molecule has 0 aromatic rings. The van der Waals surface area contributed by atoms with Crippen LogP contribution in [0.1, 0.15) is 46.0 Å². The fourth-order valence-corrected chi connectivity index (χ4v) is 3.38. The van der Waals surface area contributed by atoms with Crippen LogP contribution in [-0.4, -0.2) is 34.6 Å². The average molecular weight is 225 g/mol. The van der Waals surface area contributed by atoms with Crippen molar-refractivity contribution in [1.82, 2.24) is 4.90 Å². The van der Waals surface area contributed by atoms with E-state index in [0.717, 1.165) is 31.8 Å². The molecule has 92 valence electrons. The van der Waals surface area contributed by atoms with Gasteiger partial charge in [-0.05, 0) is 50.6 Å². The fourth-order valence-electron chi connectivity index (χ4n) is 3.38. The van der Waals surface area contributed by atoms with Gasteiger partial charge in [0.05, 0.1) is 6.42 Å². The number of rotatable bonds is 4.